The molecule has 0 atom stereocenters. The van der Waals surface area contributed by atoms with Gasteiger partial charge in [0.05, 0.1) is 11.4 Å². The smallest absolute Gasteiger partial charge is 0.0825 e. The van der Waals surface area contributed by atoms with Crippen LogP contribution >= 0.6 is 11.3 Å². The van der Waals surface area contributed by atoms with Crippen LogP contribution in [0.2, 0.25) is 0 Å². The molecule has 0 saturated carbocycles. The molecule has 14 heavy (non-hydrogen) atoms. The van der Waals surface area contributed by atoms with E-state index >= 15 is 0 Å². The van der Waals surface area contributed by atoms with Crippen LogP contribution in [-0.4, -0.2) is 9.78 Å². The molecule has 0 amide bonds. The Morgan fingerprint density at radius 3 is 3.00 bits per heavy atom. The first-order chi connectivity index (χ1) is 6.75. The van der Waals surface area contributed by atoms with Gasteiger partial charge < -0.3 is 5.32 Å². The first-order valence-corrected chi connectivity index (χ1v) is 5.45. The normalized spacial score (nSPS) is 10.4. The third-order valence-corrected chi connectivity index (χ3v) is 2.81. The van der Waals surface area contributed by atoms with Crippen molar-refractivity contribution in [3.05, 3.63) is 34.3 Å². The van der Waals surface area contributed by atoms with E-state index in [1.165, 1.54) is 5.56 Å². The Balaban J connectivity index is 2.01. The van der Waals surface area contributed by atoms with Gasteiger partial charge >= 0.3 is 0 Å². The van der Waals surface area contributed by atoms with Gasteiger partial charge in [-0.3, -0.25) is 4.68 Å². The van der Waals surface area contributed by atoms with Crippen molar-refractivity contribution in [1.82, 2.24) is 9.78 Å². The topological polar surface area (TPSA) is 29.9 Å². The maximum atomic E-state index is 4.27. The van der Waals surface area contributed by atoms with Gasteiger partial charge in [-0.15, -0.1) is 0 Å². The van der Waals surface area contributed by atoms with Gasteiger partial charge in [-0.1, -0.05) is 0 Å². The zero-order valence-corrected chi connectivity index (χ0v) is 9.14. The van der Waals surface area contributed by atoms with E-state index in [4.69, 9.17) is 0 Å². The zero-order valence-electron chi connectivity index (χ0n) is 8.32. The number of nitrogens with zero attached hydrogens (tertiary/aromatic N) is 2. The molecule has 4 heteroatoms. The van der Waals surface area contributed by atoms with Crippen molar-refractivity contribution in [2.45, 2.75) is 13.5 Å². The number of anilines is 1. The molecular weight excluding hydrogens is 194 g/mol. The molecule has 2 heterocycles. The number of thiophene rings is 1. The Bertz CT molecular complexity index is 403. The van der Waals surface area contributed by atoms with Crippen LogP contribution in [0.1, 0.15) is 11.3 Å². The number of aromatic nitrogens is 2. The van der Waals surface area contributed by atoms with Gasteiger partial charge in [0, 0.05) is 19.8 Å². The van der Waals surface area contributed by atoms with Crippen LogP contribution in [0.3, 0.4) is 0 Å². The third-order valence-electron chi connectivity index (χ3n) is 2.08. The fourth-order valence-corrected chi connectivity index (χ4v) is 2.03. The molecule has 0 unspecified atom stereocenters. The van der Waals surface area contributed by atoms with Crippen LogP contribution in [0.15, 0.2) is 23.0 Å². The average Bonchev–Trinajstić information content (AvgIpc) is 2.72. The van der Waals surface area contributed by atoms with E-state index in [2.05, 4.69) is 27.2 Å². The van der Waals surface area contributed by atoms with Gasteiger partial charge in [-0.25, -0.2) is 0 Å². The first-order valence-electron chi connectivity index (χ1n) is 4.51. The highest BCUT2D eigenvalue weighted by Gasteiger charge is 2.01. The zero-order chi connectivity index (χ0) is 9.97. The molecule has 0 aliphatic carbocycles. The van der Waals surface area contributed by atoms with Gasteiger partial charge in [-0.05, 0) is 29.3 Å². The predicted octanol–water partition coefficient (Wildman–Crippen LogP) is 2.40. The van der Waals surface area contributed by atoms with E-state index in [0.717, 1.165) is 17.9 Å². The lowest BCUT2D eigenvalue weighted by Gasteiger charge is -2.01. The monoisotopic (exact) mass is 207 g/mol. The summed E-state index contributed by atoms with van der Waals surface area (Å²) in [4.78, 5) is 0. The first kappa shape index (κ1) is 9.27. The van der Waals surface area contributed by atoms with Crippen molar-refractivity contribution >= 4 is 17.0 Å². The molecule has 0 radical (unpaired) electrons. The van der Waals surface area contributed by atoms with Crippen LogP contribution in [0.5, 0.6) is 0 Å². The molecular formula is C10H13N3S. The van der Waals surface area contributed by atoms with Crippen molar-refractivity contribution in [3.8, 4) is 0 Å². The standard InChI is InChI=1S/C10H13N3S/c1-8-10(6-13(2)12-8)11-5-9-3-4-14-7-9/h3-4,6-7,11H,5H2,1-2H3. The van der Waals surface area contributed by atoms with Crippen LogP contribution in [0, 0.1) is 6.92 Å². The third kappa shape index (κ3) is 1.96. The summed E-state index contributed by atoms with van der Waals surface area (Å²) in [5.41, 5.74) is 3.47. The predicted molar refractivity (Wildman–Crippen MR) is 59.6 cm³/mol. The van der Waals surface area contributed by atoms with Crippen LogP contribution in [-0.2, 0) is 13.6 Å². The average molecular weight is 207 g/mol. The fraction of sp³-hybridized carbons (Fsp3) is 0.300. The Kier molecular flexibility index (Phi) is 2.54. The van der Waals surface area contributed by atoms with Crippen LogP contribution in [0.25, 0.3) is 0 Å². The van der Waals surface area contributed by atoms with Gasteiger partial charge in [0.1, 0.15) is 0 Å². The summed E-state index contributed by atoms with van der Waals surface area (Å²) in [6.07, 6.45) is 2.00. The van der Waals surface area contributed by atoms with Crippen molar-refractivity contribution < 1.29 is 0 Å². The SMILES string of the molecule is Cc1nn(C)cc1NCc1ccsc1. The molecule has 0 spiro atoms. The molecule has 3 nitrogen and oxygen atoms in total. The van der Waals surface area contributed by atoms with Gasteiger partial charge in [0.15, 0.2) is 0 Å². The lowest BCUT2D eigenvalue weighted by atomic mass is 10.3. The van der Waals surface area contributed by atoms with Crippen LogP contribution < -0.4 is 5.32 Å². The summed E-state index contributed by atoms with van der Waals surface area (Å²) in [6.45, 7) is 2.88. The van der Waals surface area contributed by atoms with Crippen molar-refractivity contribution in [2.24, 2.45) is 7.05 Å². The van der Waals surface area contributed by atoms with Crippen molar-refractivity contribution in [1.29, 1.82) is 0 Å². The lowest BCUT2D eigenvalue weighted by Crippen LogP contribution is -1.97. The van der Waals surface area contributed by atoms with Gasteiger partial charge in [0.2, 0.25) is 0 Å². The summed E-state index contributed by atoms with van der Waals surface area (Å²) < 4.78 is 1.82. The summed E-state index contributed by atoms with van der Waals surface area (Å²) in [6, 6.07) is 2.13. The second-order valence-corrected chi connectivity index (χ2v) is 4.07. The quantitative estimate of drug-likeness (QED) is 0.837. The minimum atomic E-state index is 0.871. The Morgan fingerprint density at radius 1 is 1.57 bits per heavy atom. The van der Waals surface area contributed by atoms with Crippen LogP contribution in [0.4, 0.5) is 5.69 Å². The fourth-order valence-electron chi connectivity index (χ4n) is 1.36. The van der Waals surface area contributed by atoms with E-state index in [-0.39, 0.29) is 0 Å². The molecule has 0 aliphatic rings. The second-order valence-electron chi connectivity index (χ2n) is 3.29. The summed E-state index contributed by atoms with van der Waals surface area (Å²) in [5, 5.41) is 11.9. The summed E-state index contributed by atoms with van der Waals surface area (Å²) in [7, 11) is 1.93. The number of rotatable bonds is 3. The number of hydrogen-bond acceptors (Lipinski definition) is 3. The number of nitrogens with one attached hydrogen (secondary N) is 1. The van der Waals surface area contributed by atoms with Crippen molar-refractivity contribution in [3.63, 3.8) is 0 Å². The number of hydrogen-bond donors (Lipinski definition) is 1. The largest absolute Gasteiger partial charge is 0.378 e. The van der Waals surface area contributed by atoms with E-state index in [1.807, 2.05) is 24.9 Å². The van der Waals surface area contributed by atoms with Gasteiger partial charge in [-0.2, -0.15) is 16.4 Å². The minimum Gasteiger partial charge on any atom is -0.378 e. The summed E-state index contributed by atoms with van der Waals surface area (Å²) in [5.74, 6) is 0. The lowest BCUT2D eigenvalue weighted by molar-refractivity contribution is 0.756. The Hall–Kier alpha value is -1.29. The molecule has 74 valence electrons. The molecule has 2 rings (SSSR count). The maximum absolute atomic E-state index is 4.27. The molecule has 2 aromatic rings. The second kappa shape index (κ2) is 3.84. The molecule has 0 aromatic carbocycles. The molecule has 0 aliphatic heterocycles. The molecule has 0 bridgehead atoms. The van der Waals surface area contributed by atoms with E-state index < -0.39 is 0 Å². The van der Waals surface area contributed by atoms with Gasteiger partial charge in [0.25, 0.3) is 0 Å². The number of aryl methyl sites for hydroxylation is 2. The Labute approximate surface area is 87.4 Å². The van der Waals surface area contributed by atoms with E-state index in [1.54, 1.807) is 11.3 Å². The Morgan fingerprint density at radius 2 is 2.43 bits per heavy atom. The highest BCUT2D eigenvalue weighted by Crippen LogP contribution is 2.14. The maximum Gasteiger partial charge on any atom is 0.0825 e. The minimum absolute atomic E-state index is 0.871. The highest BCUT2D eigenvalue weighted by molar-refractivity contribution is 7.07. The molecule has 0 saturated heterocycles. The molecule has 0 fully saturated rings. The molecule has 2 aromatic heterocycles. The van der Waals surface area contributed by atoms with E-state index in [0.29, 0.717) is 0 Å². The van der Waals surface area contributed by atoms with Crippen molar-refractivity contribution in [2.75, 3.05) is 5.32 Å². The summed E-state index contributed by atoms with van der Waals surface area (Å²) >= 11 is 1.72. The van der Waals surface area contributed by atoms with E-state index in [9.17, 15) is 0 Å². The highest BCUT2D eigenvalue weighted by atomic mass is 32.1. The molecule has 1 N–H and O–H groups in total.